The largest absolute Gasteiger partial charge is 0.420 e. The van der Waals surface area contributed by atoms with Crippen LogP contribution in [0.5, 0.6) is 0 Å². The van der Waals surface area contributed by atoms with E-state index in [4.69, 9.17) is 4.42 Å². The molecule has 3 rings (SSSR count). The normalized spacial score (nSPS) is 11.0. The zero-order valence-electron chi connectivity index (χ0n) is 12.3. The van der Waals surface area contributed by atoms with Gasteiger partial charge in [0.05, 0.1) is 5.75 Å². The number of benzene rings is 1. The first-order chi connectivity index (χ1) is 11.2. The number of hydrogen-bond donors (Lipinski definition) is 1. The van der Waals surface area contributed by atoms with Crippen LogP contribution in [0.1, 0.15) is 19.2 Å². The third-order valence-electron chi connectivity index (χ3n) is 3.05. The molecule has 0 unspecified atom stereocenters. The Kier molecular flexibility index (Phi) is 4.97. The number of aromatic nitrogens is 5. The zero-order valence-corrected chi connectivity index (χ0v) is 14.7. The van der Waals surface area contributed by atoms with Crippen LogP contribution >= 0.6 is 27.7 Å². The van der Waals surface area contributed by atoms with Crippen molar-refractivity contribution in [3.63, 3.8) is 0 Å². The molecule has 0 saturated carbocycles. The molecule has 1 aromatic carbocycles. The molecule has 23 heavy (non-hydrogen) atoms. The lowest BCUT2D eigenvalue weighted by atomic mass is 10.2. The van der Waals surface area contributed by atoms with Gasteiger partial charge in [0.15, 0.2) is 5.16 Å². The minimum atomic E-state index is -0.199. The van der Waals surface area contributed by atoms with Crippen molar-refractivity contribution in [1.82, 2.24) is 25.0 Å². The summed E-state index contributed by atoms with van der Waals surface area (Å²) in [6.45, 7) is 2.64. The van der Waals surface area contributed by atoms with Crippen LogP contribution < -0.4 is 5.69 Å². The summed E-state index contributed by atoms with van der Waals surface area (Å²) in [6.07, 6.45) is 0.862. The first kappa shape index (κ1) is 16.0. The van der Waals surface area contributed by atoms with Gasteiger partial charge in [0.25, 0.3) is 0 Å². The van der Waals surface area contributed by atoms with Gasteiger partial charge in [0.1, 0.15) is 0 Å². The van der Waals surface area contributed by atoms with Crippen LogP contribution in [-0.2, 0) is 12.3 Å². The Balaban J connectivity index is 1.70. The van der Waals surface area contributed by atoms with Gasteiger partial charge in [-0.25, -0.2) is 9.89 Å². The third kappa shape index (κ3) is 3.73. The molecule has 0 fully saturated rings. The van der Waals surface area contributed by atoms with E-state index in [0.29, 0.717) is 29.2 Å². The summed E-state index contributed by atoms with van der Waals surface area (Å²) in [7, 11) is 0. The molecule has 0 bridgehead atoms. The SMILES string of the molecule is CCCn1c(SCc2nnc(-c3ccc(Br)cc3)o2)n[nH]c1=O. The maximum Gasteiger partial charge on any atom is 0.343 e. The van der Waals surface area contributed by atoms with Crippen LogP contribution in [0.3, 0.4) is 0 Å². The van der Waals surface area contributed by atoms with Crippen LogP contribution in [0.4, 0.5) is 0 Å². The van der Waals surface area contributed by atoms with Gasteiger partial charge >= 0.3 is 5.69 Å². The number of nitrogens with zero attached hydrogens (tertiary/aromatic N) is 4. The number of thioether (sulfide) groups is 1. The Labute approximate surface area is 144 Å². The number of halogens is 1. The van der Waals surface area contributed by atoms with Crippen LogP contribution in [-0.4, -0.2) is 25.0 Å². The molecule has 0 spiro atoms. The molecular formula is C14H14BrN5O2S. The molecule has 2 aromatic heterocycles. The van der Waals surface area contributed by atoms with Gasteiger partial charge in [-0.05, 0) is 30.7 Å². The molecule has 0 atom stereocenters. The van der Waals surface area contributed by atoms with E-state index in [0.717, 1.165) is 16.5 Å². The lowest BCUT2D eigenvalue weighted by molar-refractivity contribution is 0.527. The van der Waals surface area contributed by atoms with Gasteiger partial charge in [-0.3, -0.25) is 4.57 Å². The highest BCUT2D eigenvalue weighted by Crippen LogP contribution is 2.23. The van der Waals surface area contributed by atoms with Crippen molar-refractivity contribution in [2.24, 2.45) is 0 Å². The third-order valence-corrected chi connectivity index (χ3v) is 4.54. The van der Waals surface area contributed by atoms with E-state index in [2.05, 4.69) is 36.3 Å². The molecule has 1 N–H and O–H groups in total. The second-order valence-corrected chi connectivity index (χ2v) is 6.62. The first-order valence-corrected chi connectivity index (χ1v) is 8.81. The summed E-state index contributed by atoms with van der Waals surface area (Å²) >= 11 is 4.78. The standard InChI is InChI=1S/C14H14BrN5O2S/c1-2-7-20-13(21)18-19-14(20)23-8-11-16-17-12(22-11)9-3-5-10(15)6-4-9/h3-6H,2,7-8H2,1H3,(H,18,21). The molecular weight excluding hydrogens is 382 g/mol. The van der Waals surface area contributed by atoms with Crippen molar-refractivity contribution in [2.75, 3.05) is 0 Å². The average Bonchev–Trinajstić information content (AvgIpc) is 3.15. The topological polar surface area (TPSA) is 89.6 Å². The second-order valence-electron chi connectivity index (χ2n) is 4.76. The van der Waals surface area contributed by atoms with Crippen LogP contribution in [0.15, 0.2) is 43.1 Å². The summed E-state index contributed by atoms with van der Waals surface area (Å²) in [5, 5.41) is 15.2. The average molecular weight is 396 g/mol. The minimum absolute atomic E-state index is 0.199. The highest BCUT2D eigenvalue weighted by Gasteiger charge is 2.12. The number of H-pyrrole nitrogens is 1. The smallest absolute Gasteiger partial charge is 0.343 e. The van der Waals surface area contributed by atoms with Crippen molar-refractivity contribution in [3.05, 3.63) is 45.1 Å². The maximum atomic E-state index is 11.6. The molecule has 7 nitrogen and oxygen atoms in total. The number of aromatic amines is 1. The molecule has 0 aliphatic rings. The monoisotopic (exact) mass is 395 g/mol. The van der Waals surface area contributed by atoms with E-state index in [1.165, 1.54) is 11.8 Å². The maximum absolute atomic E-state index is 11.6. The molecule has 9 heteroatoms. The Morgan fingerprint density at radius 2 is 2.09 bits per heavy atom. The van der Waals surface area contributed by atoms with Gasteiger partial charge in [-0.1, -0.05) is 34.6 Å². The van der Waals surface area contributed by atoms with Gasteiger partial charge < -0.3 is 4.42 Å². The molecule has 3 aromatic rings. The predicted molar refractivity (Wildman–Crippen MR) is 90.1 cm³/mol. The van der Waals surface area contributed by atoms with Crippen molar-refractivity contribution in [1.29, 1.82) is 0 Å². The second kappa shape index (κ2) is 7.14. The van der Waals surface area contributed by atoms with Crippen LogP contribution in [0.2, 0.25) is 0 Å². The predicted octanol–water partition coefficient (Wildman–Crippen LogP) is 3.09. The lowest BCUT2D eigenvalue weighted by Gasteiger charge is -2.01. The fraction of sp³-hybridized carbons (Fsp3) is 0.286. The lowest BCUT2D eigenvalue weighted by Crippen LogP contribution is -2.17. The number of rotatable bonds is 6. The summed E-state index contributed by atoms with van der Waals surface area (Å²) in [4.78, 5) is 11.6. The highest BCUT2D eigenvalue weighted by molar-refractivity contribution is 9.10. The van der Waals surface area contributed by atoms with E-state index in [1.54, 1.807) is 4.57 Å². The number of nitrogens with one attached hydrogen (secondary N) is 1. The summed E-state index contributed by atoms with van der Waals surface area (Å²) < 4.78 is 8.25. The van der Waals surface area contributed by atoms with Gasteiger partial charge in [0.2, 0.25) is 11.8 Å². The van der Waals surface area contributed by atoms with E-state index < -0.39 is 0 Å². The van der Waals surface area contributed by atoms with Gasteiger partial charge in [0, 0.05) is 16.6 Å². The molecule has 0 aliphatic carbocycles. The molecule has 0 amide bonds. The number of hydrogen-bond acceptors (Lipinski definition) is 6. The first-order valence-electron chi connectivity index (χ1n) is 7.03. The van der Waals surface area contributed by atoms with Gasteiger partial charge in [-0.15, -0.1) is 15.3 Å². The fourth-order valence-corrected chi connectivity index (χ4v) is 3.06. The molecule has 0 saturated heterocycles. The highest BCUT2D eigenvalue weighted by atomic mass is 79.9. The quantitative estimate of drug-likeness (QED) is 0.644. The molecule has 0 aliphatic heterocycles. The van der Waals surface area contributed by atoms with Crippen molar-refractivity contribution >= 4 is 27.7 Å². The molecule has 2 heterocycles. The Hall–Kier alpha value is -1.87. The molecule has 0 radical (unpaired) electrons. The van der Waals surface area contributed by atoms with Gasteiger partial charge in [-0.2, -0.15) is 0 Å². The molecule has 120 valence electrons. The van der Waals surface area contributed by atoms with Crippen molar-refractivity contribution in [2.45, 2.75) is 30.8 Å². The summed E-state index contributed by atoms with van der Waals surface area (Å²) in [5.74, 6) is 1.42. The minimum Gasteiger partial charge on any atom is -0.420 e. The Morgan fingerprint density at radius 3 is 2.83 bits per heavy atom. The zero-order chi connectivity index (χ0) is 16.2. The van der Waals surface area contributed by atoms with Crippen LogP contribution in [0, 0.1) is 0 Å². The summed E-state index contributed by atoms with van der Waals surface area (Å²) in [6, 6.07) is 7.64. The summed E-state index contributed by atoms with van der Waals surface area (Å²) in [5.41, 5.74) is 0.662. The van der Waals surface area contributed by atoms with Crippen molar-refractivity contribution < 1.29 is 4.42 Å². The fourth-order valence-electron chi connectivity index (χ4n) is 1.98. The van der Waals surface area contributed by atoms with Crippen LogP contribution in [0.25, 0.3) is 11.5 Å². The van der Waals surface area contributed by atoms with E-state index in [1.807, 2.05) is 31.2 Å². The Bertz CT molecular complexity index is 839. The Morgan fingerprint density at radius 1 is 1.30 bits per heavy atom. The van der Waals surface area contributed by atoms with E-state index in [9.17, 15) is 4.79 Å². The van der Waals surface area contributed by atoms with E-state index in [-0.39, 0.29) is 5.69 Å². The van der Waals surface area contributed by atoms with Crippen molar-refractivity contribution in [3.8, 4) is 11.5 Å². The van der Waals surface area contributed by atoms with E-state index >= 15 is 0 Å².